The Bertz CT molecular complexity index is 261. The first-order valence-corrected chi connectivity index (χ1v) is 4.37. The molecule has 66 valence electrons. The van der Waals surface area contributed by atoms with Crippen LogP contribution >= 0.6 is 12.0 Å². The molecule has 0 aliphatic rings. The van der Waals surface area contributed by atoms with E-state index in [1.807, 2.05) is 25.1 Å². The van der Waals surface area contributed by atoms with E-state index in [0.717, 1.165) is 10.6 Å². The summed E-state index contributed by atoms with van der Waals surface area (Å²) in [6.07, 6.45) is 0. The maximum atomic E-state index is 5.08. The fourth-order valence-corrected chi connectivity index (χ4v) is 1.43. The van der Waals surface area contributed by atoms with Crippen LogP contribution in [0.15, 0.2) is 23.1 Å². The van der Waals surface area contributed by atoms with E-state index in [4.69, 9.17) is 8.92 Å². The Morgan fingerprint density at radius 1 is 1.25 bits per heavy atom. The molecule has 0 spiro atoms. The molecule has 0 atom stereocenters. The van der Waals surface area contributed by atoms with Gasteiger partial charge >= 0.3 is 0 Å². The quantitative estimate of drug-likeness (QED) is 0.673. The van der Waals surface area contributed by atoms with Crippen LogP contribution in [0.25, 0.3) is 0 Å². The Balaban J connectivity index is 2.87. The van der Waals surface area contributed by atoms with Gasteiger partial charge in [-0.05, 0) is 30.7 Å². The largest absolute Gasteiger partial charge is 0.497 e. The number of benzene rings is 1. The van der Waals surface area contributed by atoms with Crippen molar-refractivity contribution < 1.29 is 8.92 Å². The van der Waals surface area contributed by atoms with E-state index in [2.05, 4.69) is 0 Å². The van der Waals surface area contributed by atoms with Gasteiger partial charge in [-0.1, -0.05) is 0 Å². The molecule has 12 heavy (non-hydrogen) atoms. The average Bonchev–Trinajstić information content (AvgIpc) is 2.09. The zero-order valence-electron chi connectivity index (χ0n) is 7.46. The molecular formula is C9H12O2S. The van der Waals surface area contributed by atoms with E-state index in [1.54, 1.807) is 14.2 Å². The van der Waals surface area contributed by atoms with Gasteiger partial charge in [-0.2, -0.15) is 0 Å². The second-order valence-corrected chi connectivity index (χ2v) is 3.32. The molecule has 1 aromatic rings. The summed E-state index contributed by atoms with van der Waals surface area (Å²) >= 11 is 1.37. The van der Waals surface area contributed by atoms with Crippen molar-refractivity contribution in [3.63, 3.8) is 0 Å². The zero-order chi connectivity index (χ0) is 8.97. The summed E-state index contributed by atoms with van der Waals surface area (Å²) in [6, 6.07) is 5.90. The van der Waals surface area contributed by atoms with Crippen molar-refractivity contribution in [2.24, 2.45) is 0 Å². The molecule has 0 bridgehead atoms. The summed E-state index contributed by atoms with van der Waals surface area (Å²) in [4.78, 5) is 1.12. The number of ether oxygens (including phenoxy) is 1. The van der Waals surface area contributed by atoms with Crippen molar-refractivity contribution in [3.8, 4) is 5.75 Å². The fourth-order valence-electron chi connectivity index (χ4n) is 0.932. The molecule has 3 heteroatoms. The van der Waals surface area contributed by atoms with E-state index < -0.39 is 0 Å². The maximum absolute atomic E-state index is 5.08. The first-order chi connectivity index (χ1) is 5.77. The summed E-state index contributed by atoms with van der Waals surface area (Å²) in [6.45, 7) is 2.03. The molecule has 0 fully saturated rings. The van der Waals surface area contributed by atoms with Crippen molar-refractivity contribution in [2.45, 2.75) is 11.8 Å². The molecule has 1 rings (SSSR count). The van der Waals surface area contributed by atoms with Crippen LogP contribution in [-0.2, 0) is 4.18 Å². The minimum Gasteiger partial charge on any atom is -0.497 e. The van der Waals surface area contributed by atoms with Crippen LogP contribution in [0, 0.1) is 6.92 Å². The van der Waals surface area contributed by atoms with Crippen LogP contribution in [0.4, 0.5) is 0 Å². The van der Waals surface area contributed by atoms with Gasteiger partial charge in [0.25, 0.3) is 0 Å². The summed E-state index contributed by atoms with van der Waals surface area (Å²) in [5.41, 5.74) is 1.17. The summed E-state index contributed by atoms with van der Waals surface area (Å²) < 4.78 is 10.0. The molecule has 0 aliphatic carbocycles. The summed E-state index contributed by atoms with van der Waals surface area (Å²) in [7, 11) is 3.33. The zero-order valence-corrected chi connectivity index (χ0v) is 8.27. The smallest absolute Gasteiger partial charge is 0.119 e. The van der Waals surface area contributed by atoms with Gasteiger partial charge < -0.3 is 8.92 Å². The molecule has 0 aromatic heterocycles. The predicted molar refractivity (Wildman–Crippen MR) is 50.6 cm³/mol. The molecule has 0 saturated carbocycles. The molecule has 0 heterocycles. The third-order valence-corrected chi connectivity index (χ3v) is 2.36. The standard InChI is InChI=1S/C9H12O2S/c1-7-6-8(10-2)4-5-9(7)12-11-3/h4-6H,1-3H3. The third-order valence-electron chi connectivity index (χ3n) is 1.56. The van der Waals surface area contributed by atoms with E-state index in [-0.39, 0.29) is 0 Å². The van der Waals surface area contributed by atoms with Crippen LogP contribution < -0.4 is 4.74 Å². The molecule has 0 N–H and O–H groups in total. The molecule has 0 saturated heterocycles. The van der Waals surface area contributed by atoms with Crippen molar-refractivity contribution in [2.75, 3.05) is 14.2 Å². The molecule has 0 unspecified atom stereocenters. The third kappa shape index (κ3) is 2.16. The minimum absolute atomic E-state index is 0.882. The Morgan fingerprint density at radius 3 is 2.50 bits per heavy atom. The molecule has 2 nitrogen and oxygen atoms in total. The van der Waals surface area contributed by atoms with Crippen LogP contribution in [0.3, 0.4) is 0 Å². The second-order valence-electron chi connectivity index (χ2n) is 2.38. The van der Waals surface area contributed by atoms with Gasteiger partial charge in [-0.3, -0.25) is 0 Å². The summed E-state index contributed by atoms with van der Waals surface area (Å²) in [5.74, 6) is 0.882. The topological polar surface area (TPSA) is 18.5 Å². The first kappa shape index (κ1) is 9.42. The van der Waals surface area contributed by atoms with Gasteiger partial charge in [-0.25, -0.2) is 0 Å². The number of methoxy groups -OCH3 is 1. The lowest BCUT2D eigenvalue weighted by molar-refractivity contribution is 0.414. The highest BCUT2D eigenvalue weighted by atomic mass is 32.2. The van der Waals surface area contributed by atoms with Crippen molar-refractivity contribution >= 4 is 12.0 Å². The summed E-state index contributed by atoms with van der Waals surface area (Å²) in [5, 5.41) is 0. The van der Waals surface area contributed by atoms with E-state index in [1.165, 1.54) is 17.6 Å². The van der Waals surface area contributed by atoms with E-state index in [9.17, 15) is 0 Å². The fraction of sp³-hybridized carbons (Fsp3) is 0.333. The van der Waals surface area contributed by atoms with Crippen LogP contribution in [0.5, 0.6) is 5.75 Å². The van der Waals surface area contributed by atoms with Crippen LogP contribution in [0.2, 0.25) is 0 Å². The lowest BCUT2D eigenvalue weighted by Gasteiger charge is -2.05. The Labute approximate surface area is 77.1 Å². The lowest BCUT2D eigenvalue weighted by atomic mass is 10.2. The molecule has 0 radical (unpaired) electrons. The van der Waals surface area contributed by atoms with Gasteiger partial charge in [0, 0.05) is 16.9 Å². The monoisotopic (exact) mass is 184 g/mol. The Kier molecular flexibility index (Phi) is 3.44. The SMILES string of the molecule is COSc1ccc(OC)cc1C. The van der Waals surface area contributed by atoms with Gasteiger partial charge in [0.15, 0.2) is 0 Å². The van der Waals surface area contributed by atoms with Crippen LogP contribution in [-0.4, -0.2) is 14.2 Å². The van der Waals surface area contributed by atoms with Gasteiger partial charge in [0.05, 0.1) is 14.2 Å². The number of aryl methyl sites for hydroxylation is 1. The maximum Gasteiger partial charge on any atom is 0.119 e. The van der Waals surface area contributed by atoms with Gasteiger partial charge in [0.1, 0.15) is 5.75 Å². The average molecular weight is 184 g/mol. The number of rotatable bonds is 3. The number of hydrogen-bond donors (Lipinski definition) is 0. The minimum atomic E-state index is 0.882. The highest BCUT2D eigenvalue weighted by Crippen LogP contribution is 2.25. The highest BCUT2D eigenvalue weighted by molar-refractivity contribution is 7.94. The molecule has 0 amide bonds. The molecule has 1 aromatic carbocycles. The van der Waals surface area contributed by atoms with Crippen molar-refractivity contribution in [1.82, 2.24) is 0 Å². The predicted octanol–water partition coefficient (Wildman–Crippen LogP) is 2.66. The molecular weight excluding hydrogens is 172 g/mol. The van der Waals surface area contributed by atoms with Crippen molar-refractivity contribution in [3.05, 3.63) is 23.8 Å². The van der Waals surface area contributed by atoms with Gasteiger partial charge in [-0.15, -0.1) is 0 Å². The Morgan fingerprint density at radius 2 is 2.00 bits per heavy atom. The van der Waals surface area contributed by atoms with Crippen LogP contribution in [0.1, 0.15) is 5.56 Å². The second kappa shape index (κ2) is 4.38. The first-order valence-electron chi connectivity index (χ1n) is 3.63. The van der Waals surface area contributed by atoms with Gasteiger partial charge in [0.2, 0.25) is 0 Å². The number of hydrogen-bond acceptors (Lipinski definition) is 3. The van der Waals surface area contributed by atoms with E-state index in [0.29, 0.717) is 0 Å². The lowest BCUT2D eigenvalue weighted by Crippen LogP contribution is -1.85. The molecule has 0 aliphatic heterocycles. The highest BCUT2D eigenvalue weighted by Gasteiger charge is 1.99. The Hall–Kier alpha value is -0.670. The van der Waals surface area contributed by atoms with Crippen molar-refractivity contribution in [1.29, 1.82) is 0 Å². The van der Waals surface area contributed by atoms with E-state index >= 15 is 0 Å². The normalized spacial score (nSPS) is 9.92.